The van der Waals surface area contributed by atoms with E-state index in [1.54, 1.807) is 28.8 Å². The lowest BCUT2D eigenvalue weighted by Crippen LogP contribution is -2.44. The van der Waals surface area contributed by atoms with Crippen LogP contribution in [0.3, 0.4) is 0 Å². The number of allylic oxidation sites excluding steroid dienone is 2. The number of anilines is 2. The Morgan fingerprint density at radius 1 is 1.22 bits per heavy atom. The van der Waals surface area contributed by atoms with Crippen molar-refractivity contribution in [3.05, 3.63) is 62.8 Å². The Morgan fingerprint density at radius 3 is 2.67 bits per heavy atom. The molecule has 2 aromatic heterocycles. The number of nitrogens with two attached hydrogens (primary N) is 1. The van der Waals surface area contributed by atoms with Crippen LogP contribution in [-0.4, -0.2) is 49.5 Å². The number of fused-ring (bicyclic) bond motifs is 1. The Labute approximate surface area is 207 Å². The van der Waals surface area contributed by atoms with E-state index in [0.717, 1.165) is 24.0 Å². The van der Waals surface area contributed by atoms with E-state index in [-0.39, 0.29) is 28.7 Å². The van der Waals surface area contributed by atoms with Crippen molar-refractivity contribution in [1.29, 1.82) is 0 Å². The summed E-state index contributed by atoms with van der Waals surface area (Å²) in [6.07, 6.45) is 5.59. The van der Waals surface area contributed by atoms with Crippen LogP contribution in [0.4, 0.5) is 11.6 Å². The van der Waals surface area contributed by atoms with Gasteiger partial charge in [0, 0.05) is 45.2 Å². The number of nitrogens with zero attached hydrogens (tertiary/aromatic N) is 5. The third-order valence-corrected chi connectivity index (χ3v) is 6.32. The normalized spacial score (nSPS) is 16.1. The number of carbonyl (C=O) groups is 2. The fourth-order valence-electron chi connectivity index (χ4n) is 4.57. The van der Waals surface area contributed by atoms with E-state index < -0.39 is 23.6 Å². The molecule has 4 rings (SSSR count). The minimum Gasteiger partial charge on any atom is -0.341 e. The molecule has 1 aliphatic heterocycles. The Bertz CT molecular complexity index is 1460. The number of carbonyl (C=O) groups excluding carboxylic acids is 2. The maximum absolute atomic E-state index is 13.7. The van der Waals surface area contributed by atoms with Crippen LogP contribution < -0.4 is 27.2 Å². The highest BCUT2D eigenvalue weighted by Gasteiger charge is 2.26. The lowest BCUT2D eigenvalue weighted by molar-refractivity contribution is -0.114. The molecule has 1 aliphatic rings. The van der Waals surface area contributed by atoms with Gasteiger partial charge >= 0.3 is 5.69 Å². The largest absolute Gasteiger partial charge is 0.341 e. The van der Waals surface area contributed by atoms with Crippen LogP contribution in [0.5, 0.6) is 0 Å². The second-order valence-electron chi connectivity index (χ2n) is 8.99. The summed E-state index contributed by atoms with van der Waals surface area (Å²) in [5.74, 6) is -0.229. The van der Waals surface area contributed by atoms with Gasteiger partial charge < -0.3 is 20.5 Å². The number of hydrogen-bond donors (Lipinski definition) is 2. The Morgan fingerprint density at radius 2 is 1.97 bits per heavy atom. The second-order valence-corrected chi connectivity index (χ2v) is 8.99. The molecule has 1 amide bonds. The number of piperidine rings is 1. The topological polar surface area (TPSA) is 137 Å². The van der Waals surface area contributed by atoms with Crippen molar-refractivity contribution in [3.63, 3.8) is 0 Å². The van der Waals surface area contributed by atoms with Gasteiger partial charge in [-0.3, -0.25) is 23.5 Å². The summed E-state index contributed by atoms with van der Waals surface area (Å²) in [5, 5.41) is 2.62. The van der Waals surface area contributed by atoms with Gasteiger partial charge in [-0.1, -0.05) is 24.3 Å². The standard InChI is InChI=1S/C25H31N7O4/c1-4-5-13-31-21-22(28-24(31)30-12-8-9-17(26)14-30)29(3)25(36)32(23(21)35)15-20(34)18-10-6-7-11-19(18)27-16(2)33/h4-7,10-11,17H,8-9,12-15,26H2,1-3H3,(H,27,33)/b5-4+/t17-/m0/s1. The molecule has 0 unspecified atom stereocenters. The van der Waals surface area contributed by atoms with Crippen molar-refractivity contribution in [1.82, 2.24) is 18.7 Å². The zero-order valence-electron chi connectivity index (χ0n) is 20.7. The van der Waals surface area contributed by atoms with Crippen molar-refractivity contribution < 1.29 is 9.59 Å². The highest BCUT2D eigenvalue weighted by Crippen LogP contribution is 2.23. The van der Waals surface area contributed by atoms with E-state index in [9.17, 15) is 19.2 Å². The summed E-state index contributed by atoms with van der Waals surface area (Å²) in [5.41, 5.74) is 5.99. The lowest BCUT2D eigenvalue weighted by atomic mass is 10.1. The van der Waals surface area contributed by atoms with Crippen LogP contribution in [0.2, 0.25) is 0 Å². The van der Waals surface area contributed by atoms with Crippen molar-refractivity contribution in [2.45, 2.75) is 45.8 Å². The maximum Gasteiger partial charge on any atom is 0.332 e. The molecule has 36 heavy (non-hydrogen) atoms. The first-order valence-electron chi connectivity index (χ1n) is 11.9. The quantitative estimate of drug-likeness (QED) is 0.373. The molecule has 3 aromatic rings. The summed E-state index contributed by atoms with van der Waals surface area (Å²) in [6, 6.07) is 6.49. The van der Waals surface area contributed by atoms with Crippen LogP contribution in [0.1, 0.15) is 37.0 Å². The SMILES string of the molecule is C/C=C/Cn1c(N2CCC[C@H](N)C2)nc2c1c(=O)n(CC(=O)c1ccccc1NC(C)=O)c(=O)n2C. The summed E-state index contributed by atoms with van der Waals surface area (Å²) in [6.45, 7) is 4.47. The second kappa shape index (κ2) is 10.3. The highest BCUT2D eigenvalue weighted by atomic mass is 16.2. The number of Topliss-reactive ketones (excluding diaryl/α,β-unsaturated/α-hetero) is 1. The molecule has 1 fully saturated rings. The summed E-state index contributed by atoms with van der Waals surface area (Å²) < 4.78 is 4.00. The minimum absolute atomic E-state index is 0.00416. The number of rotatable bonds is 7. The number of aryl methyl sites for hydroxylation is 1. The molecule has 11 heteroatoms. The van der Waals surface area contributed by atoms with Gasteiger partial charge in [0.2, 0.25) is 11.9 Å². The number of amides is 1. The number of nitrogens with one attached hydrogen (secondary N) is 1. The molecular weight excluding hydrogens is 462 g/mol. The molecule has 0 spiro atoms. The van der Waals surface area contributed by atoms with Crippen LogP contribution in [0.25, 0.3) is 11.2 Å². The monoisotopic (exact) mass is 493 g/mol. The third kappa shape index (κ3) is 4.74. The lowest BCUT2D eigenvalue weighted by Gasteiger charge is -2.31. The molecule has 0 aliphatic carbocycles. The molecule has 3 heterocycles. The van der Waals surface area contributed by atoms with Gasteiger partial charge in [-0.05, 0) is 31.9 Å². The predicted molar refractivity (Wildman–Crippen MR) is 139 cm³/mol. The average Bonchev–Trinajstić information content (AvgIpc) is 3.23. The molecule has 0 saturated carbocycles. The van der Waals surface area contributed by atoms with Crippen molar-refractivity contribution in [2.75, 3.05) is 23.3 Å². The number of imidazole rings is 1. The summed E-state index contributed by atoms with van der Waals surface area (Å²) >= 11 is 0. The average molecular weight is 494 g/mol. The Kier molecular flexibility index (Phi) is 7.20. The van der Waals surface area contributed by atoms with Crippen LogP contribution >= 0.6 is 0 Å². The van der Waals surface area contributed by atoms with Gasteiger partial charge in [-0.2, -0.15) is 4.98 Å². The predicted octanol–water partition coefficient (Wildman–Crippen LogP) is 1.24. The first-order valence-corrected chi connectivity index (χ1v) is 11.9. The van der Waals surface area contributed by atoms with E-state index in [0.29, 0.717) is 24.7 Å². The van der Waals surface area contributed by atoms with Gasteiger partial charge in [0.25, 0.3) is 5.56 Å². The first kappa shape index (κ1) is 25.1. The number of ketones is 1. The third-order valence-electron chi connectivity index (χ3n) is 6.32. The number of benzene rings is 1. The molecule has 1 atom stereocenters. The molecular formula is C25H31N7O4. The molecule has 0 radical (unpaired) electrons. The van der Waals surface area contributed by atoms with E-state index in [1.807, 2.05) is 24.0 Å². The van der Waals surface area contributed by atoms with Gasteiger partial charge in [-0.25, -0.2) is 4.79 Å². The molecule has 190 valence electrons. The molecule has 3 N–H and O–H groups in total. The fraction of sp³-hybridized carbons (Fsp3) is 0.400. The molecule has 1 saturated heterocycles. The zero-order valence-corrected chi connectivity index (χ0v) is 20.7. The summed E-state index contributed by atoms with van der Waals surface area (Å²) in [4.78, 5) is 58.4. The van der Waals surface area contributed by atoms with Crippen molar-refractivity contribution >= 4 is 34.5 Å². The van der Waals surface area contributed by atoms with E-state index in [4.69, 9.17) is 5.73 Å². The Hall–Kier alpha value is -3.99. The maximum atomic E-state index is 13.7. The molecule has 1 aromatic carbocycles. The van der Waals surface area contributed by atoms with Gasteiger partial charge in [0.05, 0.1) is 12.2 Å². The first-order chi connectivity index (χ1) is 17.2. The highest BCUT2D eigenvalue weighted by molar-refractivity contribution is 6.04. The number of aromatic nitrogens is 4. The molecule has 0 bridgehead atoms. The van der Waals surface area contributed by atoms with Gasteiger partial charge in [0.15, 0.2) is 16.9 Å². The summed E-state index contributed by atoms with van der Waals surface area (Å²) in [7, 11) is 1.54. The zero-order chi connectivity index (χ0) is 26.0. The smallest absolute Gasteiger partial charge is 0.332 e. The van der Waals surface area contributed by atoms with Crippen molar-refractivity contribution in [2.24, 2.45) is 12.8 Å². The fourth-order valence-corrected chi connectivity index (χ4v) is 4.57. The van der Waals surface area contributed by atoms with Crippen LogP contribution in [0.15, 0.2) is 46.0 Å². The van der Waals surface area contributed by atoms with Crippen molar-refractivity contribution in [3.8, 4) is 0 Å². The Balaban J connectivity index is 1.84. The van der Waals surface area contributed by atoms with E-state index >= 15 is 0 Å². The van der Waals surface area contributed by atoms with E-state index in [1.165, 1.54) is 18.5 Å². The molecule has 11 nitrogen and oxygen atoms in total. The number of hydrogen-bond acceptors (Lipinski definition) is 7. The van der Waals surface area contributed by atoms with Gasteiger partial charge in [0.1, 0.15) is 0 Å². The van der Waals surface area contributed by atoms with E-state index in [2.05, 4.69) is 10.3 Å². The van der Waals surface area contributed by atoms with Crippen LogP contribution in [0, 0.1) is 0 Å². The number of para-hydroxylation sites is 1. The van der Waals surface area contributed by atoms with Crippen LogP contribution in [-0.2, 0) is 24.9 Å². The minimum atomic E-state index is -0.643. The van der Waals surface area contributed by atoms with Gasteiger partial charge in [-0.15, -0.1) is 0 Å².